The van der Waals surface area contributed by atoms with Crippen LogP contribution in [-0.2, 0) is 22.8 Å². The van der Waals surface area contributed by atoms with Gasteiger partial charge in [0.25, 0.3) is 0 Å². The van der Waals surface area contributed by atoms with Gasteiger partial charge in [-0.1, -0.05) is 0 Å². The Morgan fingerprint density at radius 3 is 1.36 bits per heavy atom. The fourth-order valence-electron chi connectivity index (χ4n) is 1.74. The van der Waals surface area contributed by atoms with Gasteiger partial charge in [-0.15, -0.1) is 0 Å². The monoisotopic (exact) mass is 581 g/mol. The summed E-state index contributed by atoms with van der Waals surface area (Å²) in [6.45, 7) is 21.8. The minimum atomic E-state index is -4.07. The van der Waals surface area contributed by atoms with E-state index in [9.17, 15) is 14.4 Å². The number of rotatable bonds is 9. The van der Waals surface area contributed by atoms with Crippen LogP contribution in [0.25, 0.3) is 9.69 Å². The van der Waals surface area contributed by atoms with Crippen molar-refractivity contribution in [1.82, 2.24) is 0 Å². The fourth-order valence-corrected chi connectivity index (χ4v) is 5.81. The average Bonchev–Trinajstić information content (AvgIpc) is 2.55. The Hall–Kier alpha value is -3.02. The summed E-state index contributed by atoms with van der Waals surface area (Å²) in [5, 5.41) is 9.09. The van der Waals surface area contributed by atoms with Crippen molar-refractivity contribution in [3.8, 4) is 6.07 Å². The van der Waals surface area contributed by atoms with Gasteiger partial charge in [-0.2, -0.15) is 0 Å². The van der Waals surface area contributed by atoms with Crippen LogP contribution in [0.3, 0.4) is 0 Å². The summed E-state index contributed by atoms with van der Waals surface area (Å²) in [7, 11) is 0. The van der Waals surface area contributed by atoms with Crippen molar-refractivity contribution < 1.29 is 22.8 Å². The Bertz CT molecular complexity index is 790. The zero-order valence-electron chi connectivity index (χ0n) is 16.2. The van der Waals surface area contributed by atoms with Crippen molar-refractivity contribution in [3.05, 3.63) is 57.1 Å². The Labute approximate surface area is 173 Å². The van der Waals surface area contributed by atoms with Crippen LogP contribution >= 0.6 is 0 Å². The zero-order valence-corrected chi connectivity index (χ0v) is 19.7. The Balaban J connectivity index is 6.15. The van der Waals surface area contributed by atoms with Gasteiger partial charge in [0.05, 0.1) is 0 Å². The van der Waals surface area contributed by atoms with Gasteiger partial charge < -0.3 is 0 Å². The Kier molecular flexibility index (Phi) is 10.4. The van der Waals surface area contributed by atoms with E-state index >= 15 is 0 Å². The molecule has 0 N–H and O–H groups in total. The third kappa shape index (κ3) is 7.31. The molecular formula is C18H18BiN3O6. The maximum absolute atomic E-state index is 11.5. The molecule has 0 saturated carbocycles. The molecule has 0 rings (SSSR count). The molecule has 0 heterocycles. The van der Waals surface area contributed by atoms with E-state index < -0.39 is 40.4 Å². The van der Waals surface area contributed by atoms with Gasteiger partial charge in [-0.3, -0.25) is 0 Å². The predicted molar refractivity (Wildman–Crippen MR) is 98.0 cm³/mol. The molecule has 28 heavy (non-hydrogen) atoms. The SMILES string of the molecule is [C-]#[N+]/C(C(C)=O)=C(\C)[O][Bi]([O]/C(C)=C(/C#N)C(C)=O)[O]/C(C)=C(/[N+]#[C-])C(C)=O. The number of carbonyl (C=O) groups excluding carboxylic acids is 3. The van der Waals surface area contributed by atoms with E-state index in [0.717, 1.165) is 0 Å². The van der Waals surface area contributed by atoms with Crippen LogP contribution in [0.15, 0.2) is 34.2 Å². The Morgan fingerprint density at radius 2 is 1.11 bits per heavy atom. The molecule has 0 bridgehead atoms. The molecule has 9 nitrogen and oxygen atoms in total. The molecule has 146 valence electrons. The van der Waals surface area contributed by atoms with Crippen molar-refractivity contribution in [2.45, 2.75) is 41.5 Å². The molecule has 0 aromatic heterocycles. The number of hydrogen-bond acceptors (Lipinski definition) is 7. The van der Waals surface area contributed by atoms with E-state index in [1.807, 2.05) is 0 Å². The van der Waals surface area contributed by atoms with Crippen LogP contribution in [0.2, 0.25) is 0 Å². The normalized spacial score (nSPS) is 12.9. The molecule has 0 aliphatic heterocycles. The minimum absolute atomic E-state index is 0.0469. The molecule has 0 spiro atoms. The molecule has 0 atom stereocenters. The fraction of sp³-hybridized carbons (Fsp3) is 0.333. The number of hydrogen-bond donors (Lipinski definition) is 0. The van der Waals surface area contributed by atoms with Gasteiger partial charge in [-0.25, -0.2) is 0 Å². The number of Topliss-reactive ketones (excluding diaryl/α,β-unsaturated/α-hetero) is 3. The standard InChI is InChI=1S/3C6H7NO2.Bi/c2*1-4(8)6(7-3)5(2)9;1-4(8)6(3-7)5(2)9;/h3*8H,1-2H3;/q;;;+3/p-3/b2*6-4+;6-4-;. The van der Waals surface area contributed by atoms with E-state index in [1.54, 1.807) is 6.07 Å². The molecule has 0 aromatic rings. The van der Waals surface area contributed by atoms with Gasteiger partial charge in [0.1, 0.15) is 0 Å². The number of nitrogens with zero attached hydrogens (tertiary/aromatic N) is 3. The number of allylic oxidation sites excluding steroid dienone is 6. The summed E-state index contributed by atoms with van der Waals surface area (Å²) in [5.74, 6) is -1.72. The van der Waals surface area contributed by atoms with Crippen LogP contribution < -0.4 is 0 Å². The van der Waals surface area contributed by atoms with E-state index in [4.69, 9.17) is 26.8 Å². The summed E-state index contributed by atoms with van der Waals surface area (Å²) < 4.78 is 16.7. The van der Waals surface area contributed by atoms with Crippen LogP contribution in [0.1, 0.15) is 41.5 Å². The molecule has 0 aliphatic carbocycles. The molecule has 0 radical (unpaired) electrons. The van der Waals surface area contributed by atoms with Gasteiger partial charge in [0, 0.05) is 0 Å². The van der Waals surface area contributed by atoms with Crippen LogP contribution in [0.4, 0.5) is 0 Å². The first-order chi connectivity index (χ1) is 13.0. The molecule has 0 aliphatic rings. The zero-order chi connectivity index (χ0) is 22.0. The predicted octanol–water partition coefficient (Wildman–Crippen LogP) is 2.89. The number of nitriles is 1. The summed E-state index contributed by atoms with van der Waals surface area (Å²) >= 11 is -4.07. The van der Waals surface area contributed by atoms with Gasteiger partial charge in [-0.05, 0) is 0 Å². The van der Waals surface area contributed by atoms with Crippen molar-refractivity contribution >= 4 is 40.4 Å². The van der Waals surface area contributed by atoms with Crippen molar-refractivity contribution in [3.63, 3.8) is 0 Å². The first-order valence-electron chi connectivity index (χ1n) is 7.64. The van der Waals surface area contributed by atoms with E-state index in [-0.39, 0.29) is 34.2 Å². The quantitative estimate of drug-likeness (QED) is 0.135. The second-order valence-electron chi connectivity index (χ2n) is 5.24. The van der Waals surface area contributed by atoms with E-state index in [1.165, 1.54) is 41.5 Å². The van der Waals surface area contributed by atoms with Crippen LogP contribution in [-0.4, -0.2) is 40.4 Å². The second kappa shape index (κ2) is 11.6. The van der Waals surface area contributed by atoms with Gasteiger partial charge >= 0.3 is 173 Å². The third-order valence-corrected chi connectivity index (χ3v) is 7.94. The molecule has 0 amide bonds. The summed E-state index contributed by atoms with van der Waals surface area (Å²) in [6, 6.07) is 1.71. The first-order valence-corrected chi connectivity index (χ1v) is 11.9. The maximum atomic E-state index is 11.5. The molecule has 10 heteroatoms. The summed E-state index contributed by atoms with van der Waals surface area (Å²) in [6.07, 6.45) is 0. The summed E-state index contributed by atoms with van der Waals surface area (Å²) in [5.41, 5.74) is -0.775. The summed E-state index contributed by atoms with van der Waals surface area (Å²) in [4.78, 5) is 40.8. The number of ketones is 3. The molecule has 0 fully saturated rings. The van der Waals surface area contributed by atoms with Gasteiger partial charge in [0.2, 0.25) is 0 Å². The van der Waals surface area contributed by atoms with Crippen molar-refractivity contribution in [1.29, 1.82) is 5.26 Å². The average molecular weight is 581 g/mol. The van der Waals surface area contributed by atoms with Crippen molar-refractivity contribution in [2.24, 2.45) is 0 Å². The third-order valence-electron chi connectivity index (χ3n) is 3.01. The van der Waals surface area contributed by atoms with Crippen LogP contribution in [0, 0.1) is 24.5 Å². The topological polar surface area (TPSA) is 111 Å². The van der Waals surface area contributed by atoms with E-state index in [2.05, 4.69) is 9.69 Å². The van der Waals surface area contributed by atoms with Crippen molar-refractivity contribution in [2.75, 3.05) is 0 Å². The first kappa shape index (κ1) is 25.0. The van der Waals surface area contributed by atoms with E-state index in [0.29, 0.717) is 0 Å². The second-order valence-corrected chi connectivity index (χ2v) is 9.11. The molecule has 0 saturated heterocycles. The van der Waals surface area contributed by atoms with Gasteiger partial charge in [0.15, 0.2) is 0 Å². The van der Waals surface area contributed by atoms with Crippen LogP contribution in [0.5, 0.6) is 0 Å². The molecule has 0 aromatic carbocycles. The molecular weight excluding hydrogens is 563 g/mol. The number of carbonyl (C=O) groups is 3. The molecule has 0 unspecified atom stereocenters. The Morgan fingerprint density at radius 1 is 0.750 bits per heavy atom.